The summed E-state index contributed by atoms with van der Waals surface area (Å²) < 4.78 is 9.02. The third-order valence-corrected chi connectivity index (χ3v) is 4.23. The fourth-order valence-corrected chi connectivity index (χ4v) is 3.07. The smallest absolute Gasteiger partial charge is 0.325 e. The quantitative estimate of drug-likeness (QED) is 0.312. The molecular weight excluding hydrogens is 274 g/mol. The van der Waals surface area contributed by atoms with E-state index in [-0.39, 0.29) is 5.97 Å². The molecular formula is C8H14ClNO4S2. The third-order valence-electron chi connectivity index (χ3n) is 1.55. The minimum absolute atomic E-state index is 0.243. The molecule has 0 unspecified atom stereocenters. The van der Waals surface area contributed by atoms with Crippen LogP contribution in [0.5, 0.6) is 0 Å². The highest BCUT2D eigenvalue weighted by molar-refractivity contribution is 8.76. The summed E-state index contributed by atoms with van der Waals surface area (Å²) in [7, 11) is 5.58. The van der Waals surface area contributed by atoms with E-state index >= 15 is 0 Å². The van der Waals surface area contributed by atoms with Crippen molar-refractivity contribution in [3.05, 3.63) is 0 Å². The Hall–Kier alpha value is -0.110. The van der Waals surface area contributed by atoms with Crippen molar-refractivity contribution in [3.63, 3.8) is 0 Å². The molecule has 0 amide bonds. The zero-order valence-corrected chi connectivity index (χ0v) is 11.4. The van der Waals surface area contributed by atoms with Crippen molar-refractivity contribution < 1.29 is 19.1 Å². The maximum Gasteiger partial charge on any atom is 0.325 e. The van der Waals surface area contributed by atoms with Gasteiger partial charge < -0.3 is 9.47 Å². The van der Waals surface area contributed by atoms with Gasteiger partial charge in [-0.05, 0) is 11.8 Å². The summed E-state index contributed by atoms with van der Waals surface area (Å²) in [5, 5.41) is 0. The maximum atomic E-state index is 11.1. The first-order valence-corrected chi connectivity index (χ1v) is 7.27. The summed E-state index contributed by atoms with van der Waals surface area (Å²) in [4.78, 5) is 24.2. The summed E-state index contributed by atoms with van der Waals surface area (Å²) in [6.45, 7) is 0. The summed E-state index contributed by atoms with van der Waals surface area (Å²) in [6, 6.07) is -0.540. The van der Waals surface area contributed by atoms with Crippen LogP contribution in [-0.4, -0.2) is 43.7 Å². The topological polar surface area (TPSA) is 64.6 Å². The van der Waals surface area contributed by atoms with Crippen molar-refractivity contribution in [3.8, 4) is 0 Å². The van der Waals surface area contributed by atoms with Gasteiger partial charge in [-0.2, -0.15) is 0 Å². The predicted molar refractivity (Wildman–Crippen MR) is 66.3 cm³/mol. The third kappa shape index (κ3) is 7.21. The minimum Gasteiger partial charge on any atom is -0.469 e. The second-order valence-corrected chi connectivity index (χ2v) is 5.46. The number of esters is 2. The van der Waals surface area contributed by atoms with Crippen LogP contribution < -0.4 is 4.84 Å². The molecule has 1 atom stereocenters. The average molecular weight is 288 g/mol. The highest BCUT2D eigenvalue weighted by Crippen LogP contribution is 2.23. The molecule has 0 aliphatic heterocycles. The van der Waals surface area contributed by atoms with Crippen molar-refractivity contribution in [2.45, 2.75) is 12.5 Å². The van der Waals surface area contributed by atoms with Crippen LogP contribution in [0.1, 0.15) is 6.42 Å². The lowest BCUT2D eigenvalue weighted by Crippen LogP contribution is -2.34. The highest BCUT2D eigenvalue weighted by atomic mass is 35.5. The molecule has 0 spiro atoms. The van der Waals surface area contributed by atoms with Crippen LogP contribution in [0, 0.1) is 0 Å². The van der Waals surface area contributed by atoms with Gasteiger partial charge in [0.2, 0.25) is 0 Å². The van der Waals surface area contributed by atoms with Gasteiger partial charge in [-0.3, -0.25) is 9.59 Å². The Labute approximate surface area is 107 Å². The monoisotopic (exact) mass is 287 g/mol. The van der Waals surface area contributed by atoms with Gasteiger partial charge in [0, 0.05) is 11.5 Å². The summed E-state index contributed by atoms with van der Waals surface area (Å²) >= 11 is 5.38. The van der Waals surface area contributed by atoms with Crippen LogP contribution in [0.4, 0.5) is 0 Å². The fraction of sp³-hybridized carbons (Fsp3) is 0.750. The standard InChI is InChI=1S/C8H14ClNO4S2/c1-13-7(11)3-4-15-16-5-6(10-9)8(12)14-2/h6,10H,3-5H2,1-2H3/t6-/m0/s1. The maximum absolute atomic E-state index is 11.1. The Bertz CT molecular complexity index is 230. The molecule has 0 saturated heterocycles. The highest BCUT2D eigenvalue weighted by Gasteiger charge is 2.17. The van der Waals surface area contributed by atoms with Gasteiger partial charge in [-0.25, -0.2) is 4.84 Å². The van der Waals surface area contributed by atoms with Crippen LogP contribution >= 0.6 is 33.4 Å². The molecule has 0 bridgehead atoms. The second-order valence-electron chi connectivity index (χ2n) is 2.62. The van der Waals surface area contributed by atoms with Crippen molar-refractivity contribution in [2.24, 2.45) is 0 Å². The summed E-state index contributed by atoms with van der Waals surface area (Å²) in [5.74, 6) is 0.458. The molecule has 0 heterocycles. The van der Waals surface area contributed by atoms with E-state index in [1.807, 2.05) is 0 Å². The Kier molecular flexibility index (Phi) is 10.0. The zero-order valence-electron chi connectivity index (χ0n) is 9.03. The molecule has 0 fully saturated rings. The Morgan fingerprint density at radius 2 is 2.00 bits per heavy atom. The first-order valence-electron chi connectivity index (χ1n) is 4.41. The van der Waals surface area contributed by atoms with E-state index in [1.165, 1.54) is 35.8 Å². The minimum atomic E-state index is -0.540. The van der Waals surface area contributed by atoms with Crippen LogP contribution in [0.25, 0.3) is 0 Å². The molecule has 0 aliphatic rings. The molecule has 0 saturated carbocycles. The van der Waals surface area contributed by atoms with Crippen molar-refractivity contribution in [1.29, 1.82) is 0 Å². The number of carbonyl (C=O) groups excluding carboxylic acids is 2. The number of nitrogens with one attached hydrogen (secondary N) is 1. The number of hydrogen-bond donors (Lipinski definition) is 1. The van der Waals surface area contributed by atoms with E-state index in [0.29, 0.717) is 17.9 Å². The molecule has 1 N–H and O–H groups in total. The van der Waals surface area contributed by atoms with E-state index in [2.05, 4.69) is 14.3 Å². The lowest BCUT2D eigenvalue weighted by atomic mass is 10.4. The molecule has 16 heavy (non-hydrogen) atoms. The van der Waals surface area contributed by atoms with E-state index in [9.17, 15) is 9.59 Å². The van der Waals surface area contributed by atoms with E-state index in [1.54, 1.807) is 0 Å². The Morgan fingerprint density at radius 3 is 2.50 bits per heavy atom. The van der Waals surface area contributed by atoms with Gasteiger partial charge in [0.1, 0.15) is 6.04 Å². The van der Waals surface area contributed by atoms with Crippen LogP contribution in [0.2, 0.25) is 0 Å². The van der Waals surface area contributed by atoms with Gasteiger partial charge in [0.05, 0.1) is 20.6 Å². The van der Waals surface area contributed by atoms with E-state index in [4.69, 9.17) is 11.8 Å². The van der Waals surface area contributed by atoms with Crippen molar-refractivity contribution in [2.75, 3.05) is 25.7 Å². The van der Waals surface area contributed by atoms with Gasteiger partial charge in [0.25, 0.3) is 0 Å². The zero-order chi connectivity index (χ0) is 12.4. The van der Waals surface area contributed by atoms with Gasteiger partial charge in [-0.15, -0.1) is 0 Å². The van der Waals surface area contributed by atoms with Gasteiger partial charge in [-0.1, -0.05) is 21.6 Å². The summed E-state index contributed by atoms with van der Waals surface area (Å²) in [6.07, 6.45) is 0.353. The molecule has 0 aromatic heterocycles. The van der Waals surface area contributed by atoms with Crippen LogP contribution in [-0.2, 0) is 19.1 Å². The first-order chi connectivity index (χ1) is 7.65. The van der Waals surface area contributed by atoms with Crippen LogP contribution in [0.3, 0.4) is 0 Å². The van der Waals surface area contributed by atoms with E-state index < -0.39 is 12.0 Å². The lowest BCUT2D eigenvalue weighted by molar-refractivity contribution is -0.142. The van der Waals surface area contributed by atoms with Crippen molar-refractivity contribution >= 4 is 45.3 Å². The Balaban J connectivity index is 3.56. The molecule has 0 aromatic rings. The summed E-state index contributed by atoms with van der Waals surface area (Å²) in [5.41, 5.74) is 0. The van der Waals surface area contributed by atoms with Gasteiger partial charge >= 0.3 is 11.9 Å². The molecule has 0 aromatic carbocycles. The molecule has 0 radical (unpaired) electrons. The first kappa shape index (κ1) is 15.9. The van der Waals surface area contributed by atoms with E-state index in [0.717, 1.165) is 0 Å². The number of halogens is 1. The molecule has 0 rings (SSSR count). The lowest BCUT2D eigenvalue weighted by Gasteiger charge is -2.10. The number of methoxy groups -OCH3 is 2. The van der Waals surface area contributed by atoms with Gasteiger partial charge in [0.15, 0.2) is 0 Å². The normalized spacial score (nSPS) is 11.9. The molecule has 5 nitrogen and oxygen atoms in total. The molecule has 94 valence electrons. The largest absolute Gasteiger partial charge is 0.469 e. The number of hydrogen-bond acceptors (Lipinski definition) is 7. The van der Waals surface area contributed by atoms with Crippen LogP contribution in [0.15, 0.2) is 0 Å². The average Bonchev–Trinajstić information content (AvgIpc) is 2.32. The SMILES string of the molecule is COC(=O)CCSSC[C@H](NCl)C(=O)OC. The number of rotatable bonds is 8. The fourth-order valence-electron chi connectivity index (χ4n) is 0.688. The predicted octanol–water partition coefficient (Wildman–Crippen LogP) is 1.22. The number of ether oxygens (including phenoxy) is 2. The van der Waals surface area contributed by atoms with Crippen molar-refractivity contribution in [1.82, 2.24) is 4.84 Å². The molecule has 0 aliphatic carbocycles. The molecule has 8 heteroatoms. The number of carbonyl (C=O) groups is 2. The second kappa shape index (κ2) is 10.1. The Morgan fingerprint density at radius 1 is 1.31 bits per heavy atom.